The van der Waals surface area contributed by atoms with Crippen molar-refractivity contribution in [3.8, 4) is 11.5 Å². The molecule has 1 aliphatic heterocycles. The van der Waals surface area contributed by atoms with E-state index in [1.807, 2.05) is 0 Å². The molecule has 4 rings (SSSR count). The fraction of sp³-hybridized carbons (Fsp3) is 0.651. The summed E-state index contributed by atoms with van der Waals surface area (Å²) < 4.78 is 14.8. The number of aliphatic carboxylic acids is 1. The smallest absolute Gasteiger partial charge is 0.321 e. The van der Waals surface area contributed by atoms with Crippen LogP contribution in [0.5, 0.6) is 11.5 Å². The minimum Gasteiger partial charge on any atom is -0.493 e. The molecule has 0 radical (unpaired) electrons. The zero-order chi connectivity index (χ0) is 34.8. The lowest BCUT2D eigenvalue weighted by atomic mass is 9.87. The first-order valence-electron chi connectivity index (χ1n) is 19.9. The Balaban J connectivity index is 1.70. The molecular weight excluding hydrogens is 608 g/mol. The molecule has 0 bridgehead atoms. The van der Waals surface area contributed by atoms with E-state index in [2.05, 4.69) is 72.7 Å². The molecule has 0 saturated heterocycles. The highest BCUT2D eigenvalue weighted by atomic mass is 16.5. The van der Waals surface area contributed by atoms with E-state index in [1.54, 1.807) is 7.11 Å². The highest BCUT2D eigenvalue weighted by Crippen LogP contribution is 2.45. The Morgan fingerprint density at radius 2 is 1.33 bits per heavy atom. The summed E-state index contributed by atoms with van der Waals surface area (Å²) >= 11 is 0. The molecule has 1 aromatic heterocycles. The van der Waals surface area contributed by atoms with Gasteiger partial charge in [-0.05, 0) is 55.1 Å². The van der Waals surface area contributed by atoms with Crippen LogP contribution in [-0.2, 0) is 17.8 Å². The summed E-state index contributed by atoms with van der Waals surface area (Å²) in [5.74, 6) is 0.751. The van der Waals surface area contributed by atoms with Gasteiger partial charge in [-0.3, -0.25) is 9.69 Å². The third kappa shape index (κ3) is 10.7. The van der Waals surface area contributed by atoms with Crippen LogP contribution < -0.4 is 9.47 Å². The summed E-state index contributed by atoms with van der Waals surface area (Å²) in [4.78, 5) is 15.4. The summed E-state index contributed by atoms with van der Waals surface area (Å²) in [5, 5.41) is 11.9. The highest BCUT2D eigenvalue weighted by molar-refractivity contribution is 5.88. The minimum atomic E-state index is -0.736. The summed E-state index contributed by atoms with van der Waals surface area (Å²) in [6, 6.07) is 14.2. The van der Waals surface area contributed by atoms with Crippen LogP contribution in [0.2, 0.25) is 0 Å². The number of carboxylic acid groups (broad SMARTS) is 1. The number of para-hydroxylation sites is 1. The third-order valence-electron chi connectivity index (χ3n) is 10.6. The number of hydrogen-bond donors (Lipinski definition) is 1. The molecule has 0 aliphatic carbocycles. The van der Waals surface area contributed by atoms with Gasteiger partial charge in [-0.15, -0.1) is 0 Å². The van der Waals surface area contributed by atoms with Gasteiger partial charge in [0.15, 0.2) is 11.5 Å². The molecule has 1 aliphatic rings. The van der Waals surface area contributed by atoms with Crippen molar-refractivity contribution in [2.24, 2.45) is 0 Å². The monoisotopic (exact) mass is 675 g/mol. The van der Waals surface area contributed by atoms with Gasteiger partial charge in [-0.1, -0.05) is 141 Å². The SMILES string of the molecule is CCCCCCCCOc1ccc([C@H]2c3c(c4ccccc4n3CCCCCCCC)C[C@@H](C(=O)O)N2CCCCCCCC)cc1OC. The summed E-state index contributed by atoms with van der Waals surface area (Å²) in [6.07, 6.45) is 22.3. The zero-order valence-corrected chi connectivity index (χ0v) is 31.3. The third-order valence-corrected chi connectivity index (χ3v) is 10.6. The number of carbonyl (C=O) groups is 1. The molecule has 0 spiro atoms. The zero-order valence-electron chi connectivity index (χ0n) is 31.3. The Morgan fingerprint density at radius 3 is 1.96 bits per heavy atom. The maximum atomic E-state index is 13.1. The average Bonchev–Trinajstić information content (AvgIpc) is 3.43. The molecule has 2 atom stereocenters. The molecular formula is C43H66N2O4. The topological polar surface area (TPSA) is 63.9 Å². The van der Waals surface area contributed by atoms with Crippen LogP contribution in [0.3, 0.4) is 0 Å². The van der Waals surface area contributed by atoms with E-state index in [0.29, 0.717) is 13.0 Å². The standard InChI is InChI=1S/C43H66N2O4/c1-5-8-11-14-17-22-29-44-37-26-21-20-25-35(37)36-33-38(43(46)47)45(30-23-18-15-12-9-6-2)41(42(36)44)34-27-28-39(40(32-34)48-4)49-31-24-19-16-13-10-7-3/h20-21,25-28,32,38,41H,5-19,22-24,29-31,33H2,1-4H3,(H,46,47)/t38-,41-/m0/s1. The lowest BCUT2D eigenvalue weighted by Crippen LogP contribution is -2.49. The van der Waals surface area contributed by atoms with Crippen molar-refractivity contribution in [1.29, 1.82) is 0 Å². The molecule has 6 nitrogen and oxygen atoms in total. The van der Waals surface area contributed by atoms with Gasteiger partial charge >= 0.3 is 5.97 Å². The van der Waals surface area contributed by atoms with E-state index in [1.165, 1.54) is 112 Å². The number of unbranched alkanes of at least 4 members (excludes halogenated alkanes) is 15. The molecule has 3 aromatic rings. The first kappa shape index (κ1) is 38.8. The van der Waals surface area contributed by atoms with E-state index in [9.17, 15) is 9.90 Å². The van der Waals surface area contributed by atoms with E-state index in [-0.39, 0.29) is 6.04 Å². The van der Waals surface area contributed by atoms with Crippen LogP contribution in [0.15, 0.2) is 42.5 Å². The Labute approximate surface area is 297 Å². The van der Waals surface area contributed by atoms with Crippen LogP contribution in [-0.4, -0.2) is 46.8 Å². The van der Waals surface area contributed by atoms with E-state index in [0.717, 1.165) is 55.8 Å². The molecule has 49 heavy (non-hydrogen) atoms. The van der Waals surface area contributed by atoms with Crippen LogP contribution in [0.25, 0.3) is 10.9 Å². The number of methoxy groups -OCH3 is 1. The molecule has 1 N–H and O–H groups in total. The van der Waals surface area contributed by atoms with Gasteiger partial charge < -0.3 is 19.1 Å². The van der Waals surface area contributed by atoms with E-state index < -0.39 is 12.0 Å². The van der Waals surface area contributed by atoms with Gasteiger partial charge in [-0.2, -0.15) is 0 Å². The van der Waals surface area contributed by atoms with Gasteiger partial charge in [0.2, 0.25) is 0 Å². The number of fused-ring (bicyclic) bond motifs is 3. The summed E-state index contributed by atoms with van der Waals surface area (Å²) in [7, 11) is 1.71. The minimum absolute atomic E-state index is 0.186. The van der Waals surface area contributed by atoms with Crippen LogP contribution in [0, 0.1) is 0 Å². The first-order valence-corrected chi connectivity index (χ1v) is 19.9. The van der Waals surface area contributed by atoms with Crippen molar-refractivity contribution >= 4 is 16.9 Å². The molecule has 2 heterocycles. The average molecular weight is 675 g/mol. The van der Waals surface area contributed by atoms with E-state index in [4.69, 9.17) is 9.47 Å². The van der Waals surface area contributed by atoms with Gasteiger partial charge in [-0.25, -0.2) is 0 Å². The van der Waals surface area contributed by atoms with Crippen LogP contribution in [0.1, 0.15) is 159 Å². The molecule has 272 valence electrons. The van der Waals surface area contributed by atoms with Gasteiger partial charge in [0.05, 0.1) is 19.8 Å². The van der Waals surface area contributed by atoms with Crippen molar-refractivity contribution in [1.82, 2.24) is 9.47 Å². The van der Waals surface area contributed by atoms with E-state index >= 15 is 0 Å². The molecule has 0 saturated carbocycles. The first-order chi connectivity index (χ1) is 24.0. The fourth-order valence-corrected chi connectivity index (χ4v) is 7.84. The van der Waals surface area contributed by atoms with Crippen molar-refractivity contribution in [2.45, 2.75) is 161 Å². The number of hydrogen-bond acceptors (Lipinski definition) is 4. The highest BCUT2D eigenvalue weighted by Gasteiger charge is 2.42. The van der Waals surface area contributed by atoms with Gasteiger partial charge in [0.1, 0.15) is 6.04 Å². The summed E-state index contributed by atoms with van der Waals surface area (Å²) in [6.45, 7) is 9.13. The maximum Gasteiger partial charge on any atom is 0.321 e. The maximum absolute atomic E-state index is 13.1. The second-order valence-corrected chi connectivity index (χ2v) is 14.3. The number of aryl methyl sites for hydroxylation is 1. The lowest BCUT2D eigenvalue weighted by molar-refractivity contribution is -0.144. The Morgan fingerprint density at radius 1 is 0.735 bits per heavy atom. The van der Waals surface area contributed by atoms with Crippen LogP contribution in [0.4, 0.5) is 0 Å². The fourth-order valence-electron chi connectivity index (χ4n) is 7.84. The van der Waals surface area contributed by atoms with Crippen LogP contribution >= 0.6 is 0 Å². The number of carboxylic acids is 1. The largest absolute Gasteiger partial charge is 0.493 e. The number of rotatable bonds is 25. The van der Waals surface area contributed by atoms with Crippen molar-refractivity contribution in [2.75, 3.05) is 20.3 Å². The molecule has 0 unspecified atom stereocenters. The predicted octanol–water partition coefficient (Wildman–Crippen LogP) is 11.5. The number of aromatic nitrogens is 1. The second-order valence-electron chi connectivity index (χ2n) is 14.3. The molecule has 2 aromatic carbocycles. The predicted molar refractivity (Wildman–Crippen MR) is 204 cm³/mol. The van der Waals surface area contributed by atoms with Crippen molar-refractivity contribution in [3.63, 3.8) is 0 Å². The number of nitrogens with zero attached hydrogens (tertiary/aromatic N) is 2. The normalized spacial score (nSPS) is 16.2. The quantitative estimate of drug-likeness (QED) is 0.0906. The Hall–Kier alpha value is -2.99. The van der Waals surface area contributed by atoms with Gasteiger partial charge in [0, 0.05) is 29.6 Å². The second kappa shape index (κ2) is 21.3. The lowest BCUT2D eigenvalue weighted by Gasteiger charge is -2.41. The molecule has 0 amide bonds. The molecule has 6 heteroatoms. The molecule has 0 fully saturated rings. The Bertz CT molecular complexity index is 1400. The number of benzene rings is 2. The van der Waals surface area contributed by atoms with Gasteiger partial charge in [0.25, 0.3) is 0 Å². The van der Waals surface area contributed by atoms with Crippen molar-refractivity contribution < 1.29 is 19.4 Å². The summed E-state index contributed by atoms with van der Waals surface area (Å²) in [5.41, 5.74) is 4.76. The Kier molecular flexibility index (Phi) is 16.9. The van der Waals surface area contributed by atoms with Crippen molar-refractivity contribution in [3.05, 3.63) is 59.3 Å². The number of ether oxygens (including phenoxy) is 2.